The minimum Gasteiger partial charge on any atom is -0.399 e. The fourth-order valence-electron chi connectivity index (χ4n) is 2.13. The van der Waals surface area contributed by atoms with Crippen LogP contribution in [0.4, 0.5) is 5.69 Å². The highest BCUT2D eigenvalue weighted by Crippen LogP contribution is 2.22. The van der Waals surface area contributed by atoms with Crippen molar-refractivity contribution in [3.8, 4) is 0 Å². The molecule has 1 atom stereocenters. The van der Waals surface area contributed by atoms with Gasteiger partial charge in [0.05, 0.1) is 12.7 Å². The molecule has 4 heteroatoms. The van der Waals surface area contributed by atoms with Crippen LogP contribution in [0, 0.1) is 0 Å². The average Bonchev–Trinajstić information content (AvgIpc) is 2.34. The van der Waals surface area contributed by atoms with Gasteiger partial charge in [0.2, 0.25) is 0 Å². The molecule has 17 heavy (non-hydrogen) atoms. The highest BCUT2D eigenvalue weighted by Gasteiger charge is 2.19. The van der Waals surface area contributed by atoms with E-state index in [2.05, 4.69) is 27.8 Å². The van der Waals surface area contributed by atoms with Crippen molar-refractivity contribution in [1.29, 1.82) is 0 Å². The lowest BCUT2D eigenvalue weighted by molar-refractivity contribution is -0.0325. The van der Waals surface area contributed by atoms with E-state index in [9.17, 15) is 0 Å². The van der Waals surface area contributed by atoms with Crippen LogP contribution in [0.1, 0.15) is 18.9 Å². The number of nitrogen functional groups attached to an aromatic ring is 1. The maximum atomic E-state index is 5.82. The Labute approximate surface area is 111 Å². The monoisotopic (exact) mass is 298 g/mol. The summed E-state index contributed by atoms with van der Waals surface area (Å²) in [5, 5.41) is 0. The number of nitrogens with zero attached hydrogens (tertiary/aromatic N) is 1. The van der Waals surface area contributed by atoms with Gasteiger partial charge < -0.3 is 10.5 Å². The number of rotatable bonds is 3. The number of morpholine rings is 1. The van der Waals surface area contributed by atoms with Gasteiger partial charge in [-0.3, -0.25) is 4.90 Å². The molecule has 1 aliphatic rings. The van der Waals surface area contributed by atoms with Gasteiger partial charge in [0, 0.05) is 29.8 Å². The lowest BCUT2D eigenvalue weighted by atomic mass is 10.1. The Hall–Kier alpha value is -0.580. The van der Waals surface area contributed by atoms with Gasteiger partial charge >= 0.3 is 0 Å². The van der Waals surface area contributed by atoms with Crippen LogP contribution in [-0.2, 0) is 11.3 Å². The number of anilines is 1. The van der Waals surface area contributed by atoms with Crippen molar-refractivity contribution in [3.63, 3.8) is 0 Å². The molecule has 2 N–H and O–H groups in total. The molecule has 0 aromatic heterocycles. The molecule has 1 aliphatic heterocycles. The number of hydrogen-bond acceptors (Lipinski definition) is 3. The first-order valence-corrected chi connectivity index (χ1v) is 6.86. The van der Waals surface area contributed by atoms with Crippen molar-refractivity contribution >= 4 is 21.6 Å². The third kappa shape index (κ3) is 3.44. The molecule has 0 spiro atoms. The first-order chi connectivity index (χ1) is 8.19. The lowest BCUT2D eigenvalue weighted by Crippen LogP contribution is -2.41. The molecule has 1 aromatic carbocycles. The number of nitrogens with two attached hydrogens (primary N) is 1. The SMILES string of the molecule is CCC1CN(Cc2cc(N)ccc2Br)CCO1. The second kappa shape index (κ2) is 5.85. The van der Waals surface area contributed by atoms with Crippen LogP contribution in [0.5, 0.6) is 0 Å². The van der Waals surface area contributed by atoms with Gasteiger partial charge in [-0.2, -0.15) is 0 Å². The normalized spacial score (nSPS) is 21.6. The topological polar surface area (TPSA) is 38.5 Å². The Bertz CT molecular complexity index is 384. The largest absolute Gasteiger partial charge is 0.399 e. The number of halogens is 1. The van der Waals surface area contributed by atoms with E-state index in [1.807, 2.05) is 18.2 Å². The fourth-order valence-corrected chi connectivity index (χ4v) is 2.50. The van der Waals surface area contributed by atoms with Crippen molar-refractivity contribution < 1.29 is 4.74 Å². The molecule has 2 rings (SSSR count). The van der Waals surface area contributed by atoms with E-state index in [0.29, 0.717) is 6.10 Å². The Morgan fingerprint density at radius 2 is 2.35 bits per heavy atom. The summed E-state index contributed by atoms with van der Waals surface area (Å²) < 4.78 is 6.80. The van der Waals surface area contributed by atoms with Crippen LogP contribution in [0.2, 0.25) is 0 Å². The molecule has 1 saturated heterocycles. The number of ether oxygens (including phenoxy) is 1. The van der Waals surface area contributed by atoms with E-state index >= 15 is 0 Å². The molecule has 0 radical (unpaired) electrons. The van der Waals surface area contributed by atoms with Gasteiger partial charge in [0.1, 0.15) is 0 Å². The zero-order valence-electron chi connectivity index (χ0n) is 10.2. The number of benzene rings is 1. The predicted octanol–water partition coefficient (Wildman–Crippen LogP) is 2.64. The van der Waals surface area contributed by atoms with Crippen molar-refractivity contribution in [3.05, 3.63) is 28.2 Å². The first-order valence-electron chi connectivity index (χ1n) is 6.07. The molecular formula is C13H19BrN2O. The highest BCUT2D eigenvalue weighted by molar-refractivity contribution is 9.10. The molecule has 0 amide bonds. The molecule has 94 valence electrons. The third-order valence-electron chi connectivity index (χ3n) is 3.14. The van der Waals surface area contributed by atoms with Crippen LogP contribution < -0.4 is 5.73 Å². The van der Waals surface area contributed by atoms with Crippen molar-refractivity contribution in [2.75, 3.05) is 25.4 Å². The Kier molecular flexibility index (Phi) is 4.42. The molecule has 1 fully saturated rings. The molecule has 1 unspecified atom stereocenters. The van der Waals surface area contributed by atoms with E-state index in [1.165, 1.54) is 5.56 Å². The smallest absolute Gasteiger partial charge is 0.0700 e. The minimum absolute atomic E-state index is 0.378. The van der Waals surface area contributed by atoms with Gasteiger partial charge in [-0.25, -0.2) is 0 Å². The Morgan fingerprint density at radius 1 is 1.53 bits per heavy atom. The van der Waals surface area contributed by atoms with E-state index in [1.54, 1.807) is 0 Å². The summed E-state index contributed by atoms with van der Waals surface area (Å²) in [5.74, 6) is 0. The molecule has 1 aromatic rings. The van der Waals surface area contributed by atoms with Crippen LogP contribution in [-0.4, -0.2) is 30.7 Å². The highest BCUT2D eigenvalue weighted by atomic mass is 79.9. The molecule has 0 bridgehead atoms. The van der Waals surface area contributed by atoms with Crippen LogP contribution in [0.3, 0.4) is 0 Å². The number of hydrogen-bond donors (Lipinski definition) is 1. The molecule has 3 nitrogen and oxygen atoms in total. The van der Waals surface area contributed by atoms with Crippen molar-refractivity contribution in [2.24, 2.45) is 0 Å². The summed E-state index contributed by atoms with van der Waals surface area (Å²) in [4.78, 5) is 2.43. The molecule has 0 aliphatic carbocycles. The van der Waals surface area contributed by atoms with Crippen LogP contribution in [0.25, 0.3) is 0 Å². The first kappa shape index (κ1) is 12.9. The third-order valence-corrected chi connectivity index (χ3v) is 3.92. The summed E-state index contributed by atoms with van der Waals surface area (Å²) in [6.07, 6.45) is 1.46. The summed E-state index contributed by atoms with van der Waals surface area (Å²) >= 11 is 3.58. The predicted molar refractivity (Wildman–Crippen MR) is 73.9 cm³/mol. The zero-order valence-corrected chi connectivity index (χ0v) is 11.7. The van der Waals surface area contributed by atoms with E-state index in [0.717, 1.165) is 42.8 Å². The lowest BCUT2D eigenvalue weighted by Gasteiger charge is -2.32. The fraction of sp³-hybridized carbons (Fsp3) is 0.538. The summed E-state index contributed by atoms with van der Waals surface area (Å²) in [7, 11) is 0. The minimum atomic E-state index is 0.378. The van der Waals surface area contributed by atoms with E-state index in [4.69, 9.17) is 10.5 Å². The maximum absolute atomic E-state index is 5.82. The second-order valence-corrected chi connectivity index (χ2v) is 5.34. The average molecular weight is 299 g/mol. The van der Waals surface area contributed by atoms with Crippen LogP contribution >= 0.6 is 15.9 Å². The van der Waals surface area contributed by atoms with Gasteiger partial charge in [-0.1, -0.05) is 22.9 Å². The zero-order chi connectivity index (χ0) is 12.3. The van der Waals surface area contributed by atoms with E-state index in [-0.39, 0.29) is 0 Å². The van der Waals surface area contributed by atoms with E-state index < -0.39 is 0 Å². The molecular weight excluding hydrogens is 280 g/mol. The van der Waals surface area contributed by atoms with Gasteiger partial charge in [-0.15, -0.1) is 0 Å². The Morgan fingerprint density at radius 3 is 3.12 bits per heavy atom. The summed E-state index contributed by atoms with van der Waals surface area (Å²) in [6.45, 7) is 5.95. The summed E-state index contributed by atoms with van der Waals surface area (Å²) in [5.41, 5.74) is 7.90. The maximum Gasteiger partial charge on any atom is 0.0700 e. The Balaban J connectivity index is 2.02. The van der Waals surface area contributed by atoms with Crippen molar-refractivity contribution in [1.82, 2.24) is 4.90 Å². The quantitative estimate of drug-likeness (QED) is 0.872. The van der Waals surface area contributed by atoms with Gasteiger partial charge in [-0.05, 0) is 30.2 Å². The van der Waals surface area contributed by atoms with Crippen molar-refractivity contribution in [2.45, 2.75) is 26.0 Å². The standard InChI is InChI=1S/C13H19BrN2O/c1-2-12-9-16(5-6-17-12)8-10-7-11(15)3-4-13(10)14/h3-4,7,12H,2,5-6,8-9,15H2,1H3. The van der Waals surface area contributed by atoms with Gasteiger partial charge in [0.15, 0.2) is 0 Å². The van der Waals surface area contributed by atoms with Gasteiger partial charge in [0.25, 0.3) is 0 Å². The summed E-state index contributed by atoms with van der Waals surface area (Å²) in [6, 6.07) is 5.98. The van der Waals surface area contributed by atoms with Crippen LogP contribution in [0.15, 0.2) is 22.7 Å². The second-order valence-electron chi connectivity index (χ2n) is 4.49. The molecule has 0 saturated carbocycles. The molecule has 1 heterocycles.